The minimum absolute atomic E-state index is 0.0770. The van der Waals surface area contributed by atoms with E-state index in [-0.39, 0.29) is 5.41 Å². The number of hydrogen-bond acceptors (Lipinski definition) is 6. The lowest BCUT2D eigenvalue weighted by Gasteiger charge is -2.34. The van der Waals surface area contributed by atoms with Crippen LogP contribution in [-0.2, 0) is 23.3 Å². The van der Waals surface area contributed by atoms with E-state index in [0.29, 0.717) is 13.2 Å². The third-order valence-electron chi connectivity index (χ3n) is 5.90. The third-order valence-corrected chi connectivity index (χ3v) is 5.90. The highest BCUT2D eigenvalue weighted by Gasteiger charge is 2.44. The summed E-state index contributed by atoms with van der Waals surface area (Å²) < 4.78 is 11.3. The first kappa shape index (κ1) is 18.2. The summed E-state index contributed by atoms with van der Waals surface area (Å²) in [6.45, 7) is 4.14. The van der Waals surface area contributed by atoms with Gasteiger partial charge in [-0.2, -0.15) is 0 Å². The summed E-state index contributed by atoms with van der Waals surface area (Å²) in [5, 5.41) is 0. The molecular formula is C23H24N4O2. The van der Waals surface area contributed by atoms with Gasteiger partial charge in [0.1, 0.15) is 5.75 Å². The number of nitrogens with zero attached hydrogens (tertiary/aromatic N) is 4. The Labute approximate surface area is 170 Å². The summed E-state index contributed by atoms with van der Waals surface area (Å²) in [7, 11) is 1.71. The van der Waals surface area contributed by atoms with Crippen molar-refractivity contribution in [1.82, 2.24) is 19.9 Å². The van der Waals surface area contributed by atoms with E-state index in [4.69, 9.17) is 14.5 Å². The van der Waals surface area contributed by atoms with Crippen molar-refractivity contribution in [2.24, 2.45) is 0 Å². The Bertz CT molecular complexity index is 1010. The predicted molar refractivity (Wildman–Crippen MR) is 109 cm³/mol. The van der Waals surface area contributed by atoms with Gasteiger partial charge in [0, 0.05) is 42.8 Å². The lowest BCUT2D eigenvalue weighted by molar-refractivity contribution is 0.0503. The van der Waals surface area contributed by atoms with Gasteiger partial charge in [0.15, 0.2) is 5.82 Å². The number of methoxy groups -OCH3 is 1. The van der Waals surface area contributed by atoms with E-state index < -0.39 is 0 Å². The number of rotatable bonds is 4. The van der Waals surface area contributed by atoms with Crippen molar-refractivity contribution in [3.8, 4) is 17.1 Å². The highest BCUT2D eigenvalue weighted by molar-refractivity contribution is 5.54. The van der Waals surface area contributed by atoms with Crippen molar-refractivity contribution < 1.29 is 9.47 Å². The average Bonchev–Trinajstić information content (AvgIpc) is 3.17. The molecule has 0 amide bonds. The van der Waals surface area contributed by atoms with Gasteiger partial charge in [-0.3, -0.25) is 9.88 Å². The van der Waals surface area contributed by atoms with E-state index >= 15 is 0 Å². The standard InChI is InChI=1S/C23H24N4O2/c1-28-20-6-2-4-17(10-20)13-27-9-7-23(15-27)16-29-14-19-12-25-22(26-21(19)23)18-5-3-8-24-11-18/h2-6,8,10-12H,7,9,13-16H2,1H3/t23-/m0/s1. The first-order valence-electron chi connectivity index (χ1n) is 9.96. The first-order valence-corrected chi connectivity index (χ1v) is 9.96. The second-order valence-corrected chi connectivity index (χ2v) is 7.89. The van der Waals surface area contributed by atoms with Crippen LogP contribution in [-0.4, -0.2) is 46.7 Å². The van der Waals surface area contributed by atoms with Crippen molar-refractivity contribution in [2.75, 3.05) is 26.8 Å². The van der Waals surface area contributed by atoms with Crippen LogP contribution in [0.15, 0.2) is 55.0 Å². The molecule has 1 saturated heterocycles. The van der Waals surface area contributed by atoms with E-state index in [1.165, 1.54) is 5.56 Å². The van der Waals surface area contributed by atoms with Crippen LogP contribution in [0.2, 0.25) is 0 Å². The molecule has 1 atom stereocenters. The minimum Gasteiger partial charge on any atom is -0.497 e. The van der Waals surface area contributed by atoms with Gasteiger partial charge in [-0.1, -0.05) is 12.1 Å². The van der Waals surface area contributed by atoms with E-state index in [2.05, 4.69) is 27.0 Å². The van der Waals surface area contributed by atoms with Gasteiger partial charge >= 0.3 is 0 Å². The molecule has 0 N–H and O–H groups in total. The SMILES string of the molecule is COc1cccc(CN2CC[C@@]3(COCc4cnc(-c5cccnc5)nc43)C2)c1. The Balaban J connectivity index is 1.42. The molecular weight excluding hydrogens is 364 g/mol. The maximum Gasteiger partial charge on any atom is 0.160 e. The van der Waals surface area contributed by atoms with Crippen LogP contribution in [0.1, 0.15) is 23.2 Å². The number of ether oxygens (including phenoxy) is 2. The number of pyridine rings is 1. The van der Waals surface area contributed by atoms with Crippen LogP contribution in [0.5, 0.6) is 5.75 Å². The topological polar surface area (TPSA) is 60.4 Å². The van der Waals surface area contributed by atoms with Crippen LogP contribution < -0.4 is 4.74 Å². The van der Waals surface area contributed by atoms with Gasteiger partial charge in [0.2, 0.25) is 0 Å². The Morgan fingerprint density at radius 2 is 2.17 bits per heavy atom. The number of aromatic nitrogens is 3. The molecule has 4 heterocycles. The summed E-state index contributed by atoms with van der Waals surface area (Å²) in [5.41, 5.74) is 4.38. The van der Waals surface area contributed by atoms with Crippen molar-refractivity contribution in [2.45, 2.75) is 25.0 Å². The number of benzene rings is 1. The minimum atomic E-state index is -0.0770. The summed E-state index contributed by atoms with van der Waals surface area (Å²) in [5.74, 6) is 1.64. The molecule has 2 aromatic heterocycles. The van der Waals surface area contributed by atoms with Gasteiger partial charge < -0.3 is 9.47 Å². The highest BCUT2D eigenvalue weighted by Crippen LogP contribution is 2.40. The summed E-state index contributed by atoms with van der Waals surface area (Å²) in [6.07, 6.45) is 6.55. The van der Waals surface area contributed by atoms with Crippen molar-refractivity contribution in [3.63, 3.8) is 0 Å². The quantitative estimate of drug-likeness (QED) is 0.684. The molecule has 29 heavy (non-hydrogen) atoms. The molecule has 6 heteroatoms. The van der Waals surface area contributed by atoms with Crippen molar-refractivity contribution >= 4 is 0 Å². The number of likely N-dealkylation sites (tertiary alicyclic amines) is 1. The van der Waals surface area contributed by atoms with Gasteiger partial charge in [0.25, 0.3) is 0 Å². The molecule has 0 bridgehead atoms. The molecule has 0 aliphatic carbocycles. The van der Waals surface area contributed by atoms with Crippen LogP contribution in [0.4, 0.5) is 0 Å². The zero-order valence-electron chi connectivity index (χ0n) is 16.5. The fourth-order valence-electron chi connectivity index (χ4n) is 4.46. The maximum absolute atomic E-state index is 5.98. The number of fused-ring (bicyclic) bond motifs is 2. The van der Waals surface area contributed by atoms with E-state index in [0.717, 1.165) is 54.4 Å². The fraction of sp³-hybridized carbons (Fsp3) is 0.348. The molecule has 2 aliphatic rings. The van der Waals surface area contributed by atoms with Crippen LogP contribution in [0, 0.1) is 0 Å². The van der Waals surface area contributed by atoms with Crippen molar-refractivity contribution in [3.05, 3.63) is 71.8 Å². The third kappa shape index (κ3) is 3.50. The molecule has 1 aromatic carbocycles. The highest BCUT2D eigenvalue weighted by atomic mass is 16.5. The maximum atomic E-state index is 5.98. The lowest BCUT2D eigenvalue weighted by Crippen LogP contribution is -2.40. The average molecular weight is 388 g/mol. The van der Waals surface area contributed by atoms with Crippen LogP contribution in [0.25, 0.3) is 11.4 Å². The Kier molecular flexibility index (Phi) is 4.73. The monoisotopic (exact) mass is 388 g/mol. The zero-order valence-corrected chi connectivity index (χ0v) is 16.5. The molecule has 1 spiro atoms. The smallest absolute Gasteiger partial charge is 0.160 e. The molecule has 0 unspecified atom stereocenters. The predicted octanol–water partition coefficient (Wildman–Crippen LogP) is 3.22. The molecule has 6 nitrogen and oxygen atoms in total. The zero-order chi connectivity index (χ0) is 19.7. The molecule has 2 aliphatic heterocycles. The normalized spacial score (nSPS) is 21.3. The van der Waals surface area contributed by atoms with Crippen molar-refractivity contribution in [1.29, 1.82) is 0 Å². The largest absolute Gasteiger partial charge is 0.497 e. The van der Waals surface area contributed by atoms with E-state index in [1.54, 1.807) is 13.3 Å². The fourth-order valence-corrected chi connectivity index (χ4v) is 4.46. The van der Waals surface area contributed by atoms with E-state index in [9.17, 15) is 0 Å². The van der Waals surface area contributed by atoms with E-state index in [1.807, 2.05) is 36.7 Å². The van der Waals surface area contributed by atoms with Gasteiger partial charge in [-0.25, -0.2) is 9.97 Å². The second-order valence-electron chi connectivity index (χ2n) is 7.89. The van der Waals surface area contributed by atoms with Gasteiger partial charge in [-0.15, -0.1) is 0 Å². The molecule has 5 rings (SSSR count). The molecule has 0 radical (unpaired) electrons. The van der Waals surface area contributed by atoms with Crippen LogP contribution in [0.3, 0.4) is 0 Å². The first-order chi connectivity index (χ1) is 14.3. The Morgan fingerprint density at radius 3 is 3.03 bits per heavy atom. The Hall–Kier alpha value is -2.83. The second kappa shape index (κ2) is 7.54. The molecule has 1 fully saturated rings. The number of hydrogen-bond donors (Lipinski definition) is 0. The lowest BCUT2D eigenvalue weighted by atomic mass is 9.80. The molecule has 0 saturated carbocycles. The molecule has 148 valence electrons. The summed E-state index contributed by atoms with van der Waals surface area (Å²) in [6, 6.07) is 12.2. The van der Waals surface area contributed by atoms with Crippen LogP contribution >= 0.6 is 0 Å². The van der Waals surface area contributed by atoms with Gasteiger partial charge in [0.05, 0.1) is 31.4 Å². The molecule has 3 aromatic rings. The Morgan fingerprint density at radius 1 is 1.21 bits per heavy atom. The summed E-state index contributed by atoms with van der Waals surface area (Å²) >= 11 is 0. The summed E-state index contributed by atoms with van der Waals surface area (Å²) in [4.78, 5) is 16.3. The van der Waals surface area contributed by atoms with Gasteiger partial charge in [-0.05, 0) is 42.8 Å².